The van der Waals surface area contributed by atoms with Crippen molar-refractivity contribution in [3.63, 3.8) is 0 Å². The zero-order valence-corrected chi connectivity index (χ0v) is 37.8. The van der Waals surface area contributed by atoms with E-state index in [4.69, 9.17) is 14.2 Å². The van der Waals surface area contributed by atoms with E-state index in [1.807, 2.05) is 0 Å². The lowest BCUT2D eigenvalue weighted by molar-refractivity contribution is -0.162. The van der Waals surface area contributed by atoms with Crippen molar-refractivity contribution in [2.75, 3.05) is 19.8 Å². The van der Waals surface area contributed by atoms with Gasteiger partial charge in [-0.3, -0.25) is 4.79 Å². The normalized spacial score (nSPS) is 14.8. The summed E-state index contributed by atoms with van der Waals surface area (Å²) in [5.74, 6) is 0.00964. The van der Waals surface area contributed by atoms with Gasteiger partial charge in [-0.05, 0) is 89.9 Å². The number of allylic oxidation sites excluding steroid dienone is 4. The highest BCUT2D eigenvalue weighted by atomic mass is 16.7. The largest absolute Gasteiger partial charge is 0.466 e. The smallest absolute Gasteiger partial charge is 0.305 e. The van der Waals surface area contributed by atoms with E-state index in [0.29, 0.717) is 13.0 Å². The van der Waals surface area contributed by atoms with E-state index in [1.165, 1.54) is 238 Å². The lowest BCUT2D eigenvalue weighted by atomic mass is 10.0. The molecule has 0 aromatic carbocycles. The number of carbonyl (C=O) groups is 1. The average Bonchev–Trinajstić information content (AvgIpc) is 3.21. The van der Waals surface area contributed by atoms with E-state index < -0.39 is 0 Å². The van der Waals surface area contributed by atoms with Gasteiger partial charge in [-0.25, -0.2) is 0 Å². The van der Waals surface area contributed by atoms with Crippen LogP contribution in [0.3, 0.4) is 0 Å². The van der Waals surface area contributed by atoms with Crippen molar-refractivity contribution < 1.29 is 19.0 Å². The Labute approximate surface area is 350 Å². The zero-order valence-electron chi connectivity index (χ0n) is 37.8. The van der Waals surface area contributed by atoms with E-state index in [0.717, 1.165) is 38.9 Å². The molecule has 0 saturated carbocycles. The molecule has 1 unspecified atom stereocenters. The summed E-state index contributed by atoms with van der Waals surface area (Å²) >= 11 is 0. The third-order valence-corrected chi connectivity index (χ3v) is 11.8. The van der Waals surface area contributed by atoms with Gasteiger partial charge < -0.3 is 14.2 Å². The topological polar surface area (TPSA) is 44.8 Å². The number of carbonyl (C=O) groups excluding carboxylic acids is 1. The average molecular weight is 787 g/mol. The Balaban J connectivity index is 1.66. The maximum absolute atomic E-state index is 12.0. The molecule has 0 aromatic heterocycles. The molecule has 0 amide bonds. The lowest BCUT2D eigenvalue weighted by Crippen LogP contribution is -2.22. The van der Waals surface area contributed by atoms with Crippen LogP contribution in [0.25, 0.3) is 0 Å². The summed E-state index contributed by atoms with van der Waals surface area (Å²) in [6.45, 7) is 4.66. The molecular formula is C52H98O4. The van der Waals surface area contributed by atoms with Gasteiger partial charge in [0.05, 0.1) is 6.61 Å². The first kappa shape index (κ1) is 52.9. The molecule has 4 heteroatoms. The maximum Gasteiger partial charge on any atom is 0.305 e. The van der Waals surface area contributed by atoms with Gasteiger partial charge in [-0.1, -0.05) is 205 Å². The Hall–Kier alpha value is -1.13. The number of esters is 1. The van der Waals surface area contributed by atoms with Crippen LogP contribution in [0.4, 0.5) is 0 Å². The number of ether oxygens (including phenoxy) is 3. The minimum atomic E-state index is 0.00964. The fourth-order valence-electron chi connectivity index (χ4n) is 7.98. The van der Waals surface area contributed by atoms with Gasteiger partial charge in [0.2, 0.25) is 0 Å². The van der Waals surface area contributed by atoms with Gasteiger partial charge in [0, 0.05) is 19.6 Å². The van der Waals surface area contributed by atoms with Crippen LogP contribution in [0.1, 0.15) is 277 Å². The van der Waals surface area contributed by atoms with E-state index >= 15 is 0 Å². The second-order valence-electron chi connectivity index (χ2n) is 17.4. The summed E-state index contributed by atoms with van der Waals surface area (Å²) in [4.78, 5) is 12.0. The molecule has 56 heavy (non-hydrogen) atoms. The van der Waals surface area contributed by atoms with Crippen molar-refractivity contribution in [3.05, 3.63) is 24.3 Å². The number of hydrogen-bond acceptors (Lipinski definition) is 4. The first-order chi connectivity index (χ1) is 27.8. The molecule has 1 aliphatic heterocycles. The molecule has 1 heterocycles. The zero-order chi connectivity index (χ0) is 39.9. The molecule has 1 saturated heterocycles. The van der Waals surface area contributed by atoms with Gasteiger partial charge >= 0.3 is 5.97 Å². The van der Waals surface area contributed by atoms with Crippen LogP contribution in [0, 0.1) is 0 Å². The highest BCUT2D eigenvalue weighted by molar-refractivity contribution is 5.69. The molecule has 0 aromatic rings. The second kappa shape index (κ2) is 46.6. The highest BCUT2D eigenvalue weighted by Crippen LogP contribution is 2.17. The van der Waals surface area contributed by atoms with Gasteiger partial charge in [-0.15, -0.1) is 0 Å². The van der Waals surface area contributed by atoms with Gasteiger partial charge in [0.25, 0.3) is 0 Å². The summed E-state index contributed by atoms with van der Waals surface area (Å²) in [6.07, 6.45) is 64.4. The molecule has 0 N–H and O–H groups in total. The molecule has 0 spiro atoms. The van der Waals surface area contributed by atoms with Gasteiger partial charge in [0.15, 0.2) is 6.29 Å². The van der Waals surface area contributed by atoms with Crippen LogP contribution in [0.2, 0.25) is 0 Å². The minimum absolute atomic E-state index is 0.00964. The van der Waals surface area contributed by atoms with Crippen LogP contribution in [0.5, 0.6) is 0 Å². The Morgan fingerprint density at radius 2 is 0.804 bits per heavy atom. The van der Waals surface area contributed by atoms with Crippen molar-refractivity contribution in [1.82, 2.24) is 0 Å². The van der Waals surface area contributed by atoms with Crippen molar-refractivity contribution in [2.24, 2.45) is 0 Å². The summed E-state index contributed by atoms with van der Waals surface area (Å²) in [7, 11) is 0. The molecule has 330 valence electrons. The summed E-state index contributed by atoms with van der Waals surface area (Å²) in [5, 5.41) is 0. The van der Waals surface area contributed by atoms with Crippen LogP contribution in [-0.4, -0.2) is 32.1 Å². The molecule has 1 atom stereocenters. The standard InChI is InChI=1S/C52H98O4/c1-2-3-4-5-6-7-8-9-23-26-29-32-35-38-41-46-51(53)54-48-43-39-36-33-30-27-24-21-19-17-15-13-11-10-12-14-16-18-20-22-25-28-31-34-37-40-44-49-55-52-47-42-45-50-56-52/h9,21,23-24,52H,2-8,10-20,22,25-50H2,1H3/b23-9-,24-21-. The first-order valence-electron chi connectivity index (χ1n) is 25.5. The van der Waals surface area contributed by atoms with Crippen molar-refractivity contribution in [1.29, 1.82) is 0 Å². The third kappa shape index (κ3) is 42.5. The summed E-state index contributed by atoms with van der Waals surface area (Å²) in [6, 6.07) is 0. The summed E-state index contributed by atoms with van der Waals surface area (Å²) < 4.78 is 16.9. The van der Waals surface area contributed by atoms with Crippen LogP contribution in [0.15, 0.2) is 24.3 Å². The second-order valence-corrected chi connectivity index (χ2v) is 17.4. The number of unbranched alkanes of at least 4 members (excludes halogenated alkanes) is 34. The quantitative estimate of drug-likeness (QED) is 0.0350. The van der Waals surface area contributed by atoms with Crippen molar-refractivity contribution >= 4 is 5.97 Å². The van der Waals surface area contributed by atoms with Gasteiger partial charge in [0.1, 0.15) is 0 Å². The minimum Gasteiger partial charge on any atom is -0.466 e. The molecule has 4 nitrogen and oxygen atoms in total. The Bertz CT molecular complexity index is 816. The predicted octanol–water partition coefficient (Wildman–Crippen LogP) is 17.4. The third-order valence-electron chi connectivity index (χ3n) is 11.8. The van der Waals surface area contributed by atoms with Crippen LogP contribution >= 0.6 is 0 Å². The van der Waals surface area contributed by atoms with E-state index in [9.17, 15) is 4.79 Å². The fourth-order valence-corrected chi connectivity index (χ4v) is 7.98. The molecule has 0 bridgehead atoms. The monoisotopic (exact) mass is 787 g/mol. The Morgan fingerprint density at radius 3 is 1.20 bits per heavy atom. The molecule has 0 aliphatic carbocycles. The SMILES string of the molecule is CCCCCCCC/C=C\CCCCCCCC(=O)OCCCCCCC/C=C\CCCCCCCCCCCCCCCCCCCCOC1CCCCO1. The Kier molecular flexibility index (Phi) is 44.0. The van der Waals surface area contributed by atoms with Crippen molar-refractivity contribution in [2.45, 2.75) is 283 Å². The molecule has 1 fully saturated rings. The maximum atomic E-state index is 12.0. The highest BCUT2D eigenvalue weighted by Gasteiger charge is 2.13. The van der Waals surface area contributed by atoms with Gasteiger partial charge in [-0.2, -0.15) is 0 Å². The first-order valence-corrected chi connectivity index (χ1v) is 25.5. The predicted molar refractivity (Wildman–Crippen MR) is 245 cm³/mol. The Morgan fingerprint density at radius 1 is 0.446 bits per heavy atom. The van der Waals surface area contributed by atoms with E-state index in [2.05, 4.69) is 31.2 Å². The number of hydrogen-bond donors (Lipinski definition) is 0. The fraction of sp³-hybridized carbons (Fsp3) is 0.904. The molecule has 1 rings (SSSR count). The van der Waals surface area contributed by atoms with Crippen molar-refractivity contribution in [3.8, 4) is 0 Å². The van der Waals surface area contributed by atoms with E-state index in [1.54, 1.807) is 0 Å². The summed E-state index contributed by atoms with van der Waals surface area (Å²) in [5.41, 5.74) is 0. The lowest BCUT2D eigenvalue weighted by Gasteiger charge is -2.22. The van der Waals surface area contributed by atoms with E-state index in [-0.39, 0.29) is 12.3 Å². The molecule has 1 aliphatic rings. The van der Waals surface area contributed by atoms with Crippen LogP contribution < -0.4 is 0 Å². The number of rotatable bonds is 45. The van der Waals surface area contributed by atoms with Crippen LogP contribution in [-0.2, 0) is 19.0 Å². The molecule has 0 radical (unpaired) electrons. The molecular weight excluding hydrogens is 689 g/mol.